The van der Waals surface area contributed by atoms with Crippen molar-refractivity contribution in [3.05, 3.63) is 87.9 Å². The van der Waals surface area contributed by atoms with Crippen molar-refractivity contribution in [2.75, 3.05) is 39.8 Å². The number of alkyl halides is 2. The summed E-state index contributed by atoms with van der Waals surface area (Å²) in [6, 6.07) is 14.2. The molecule has 2 saturated heterocycles. The zero-order chi connectivity index (χ0) is 32.8. The number of thiophene rings is 1. The number of esters is 1. The van der Waals surface area contributed by atoms with Crippen LogP contribution in [0.3, 0.4) is 0 Å². The Labute approximate surface area is 281 Å². The van der Waals surface area contributed by atoms with Gasteiger partial charge in [0.05, 0.1) is 7.11 Å². The summed E-state index contributed by atoms with van der Waals surface area (Å²) in [5.41, 5.74) is 2.18. The maximum atomic E-state index is 14.8. The number of carbonyl (C=O) groups is 1. The maximum Gasteiger partial charge on any atom is 0.323 e. The van der Waals surface area contributed by atoms with E-state index in [1.165, 1.54) is 37.0 Å². The molecule has 6 rings (SSSR count). The Balaban J connectivity index is 1.05. The van der Waals surface area contributed by atoms with E-state index >= 15 is 0 Å². The van der Waals surface area contributed by atoms with Gasteiger partial charge >= 0.3 is 5.97 Å². The van der Waals surface area contributed by atoms with Gasteiger partial charge < -0.3 is 14.4 Å². The van der Waals surface area contributed by atoms with Crippen LogP contribution in [0.1, 0.15) is 74.0 Å². The van der Waals surface area contributed by atoms with Crippen LogP contribution in [0.25, 0.3) is 0 Å². The SMILES string of the molecule is COc1ccc(COC(=O)[C@@H](CC2CCC2)N2C[C@H](CN3CCC(CCC(F)(F)c4ccc(F)cc4)CC3)[C@@H](c3ccsc3)C2)cc1. The van der Waals surface area contributed by atoms with Crippen LogP contribution in [0.5, 0.6) is 5.75 Å². The molecule has 1 aromatic heterocycles. The molecule has 0 amide bonds. The lowest BCUT2D eigenvalue weighted by Crippen LogP contribution is -2.44. The second-order valence-electron chi connectivity index (χ2n) is 13.9. The third-order valence-electron chi connectivity index (χ3n) is 10.8. The summed E-state index contributed by atoms with van der Waals surface area (Å²) in [5.74, 6) is -1.25. The van der Waals surface area contributed by atoms with Crippen molar-refractivity contribution in [3.8, 4) is 5.75 Å². The van der Waals surface area contributed by atoms with E-state index in [0.717, 1.165) is 75.4 Å². The smallest absolute Gasteiger partial charge is 0.323 e. The van der Waals surface area contributed by atoms with Crippen LogP contribution in [0, 0.1) is 23.6 Å². The number of rotatable bonds is 14. The van der Waals surface area contributed by atoms with Crippen molar-refractivity contribution >= 4 is 17.3 Å². The van der Waals surface area contributed by atoms with Crippen LogP contribution in [0.2, 0.25) is 0 Å². The number of methoxy groups -OCH3 is 1. The molecule has 5 nitrogen and oxygen atoms in total. The molecule has 3 heterocycles. The number of carbonyl (C=O) groups excluding carboxylic acids is 1. The van der Waals surface area contributed by atoms with Gasteiger partial charge in [0.25, 0.3) is 5.92 Å². The van der Waals surface area contributed by atoms with Crippen molar-refractivity contribution in [2.24, 2.45) is 17.8 Å². The highest BCUT2D eigenvalue weighted by Crippen LogP contribution is 2.40. The summed E-state index contributed by atoms with van der Waals surface area (Å²) in [5, 5.41) is 4.38. The Bertz CT molecular complexity index is 1410. The molecule has 3 fully saturated rings. The molecule has 3 atom stereocenters. The molecule has 3 aromatic rings. The lowest BCUT2D eigenvalue weighted by Gasteiger charge is -2.35. The Kier molecular flexibility index (Phi) is 11.3. The third kappa shape index (κ3) is 8.78. The summed E-state index contributed by atoms with van der Waals surface area (Å²) in [7, 11) is 1.64. The molecule has 0 N–H and O–H groups in total. The first-order valence-corrected chi connectivity index (χ1v) is 18.1. The van der Waals surface area contributed by atoms with Gasteiger partial charge in [0, 0.05) is 37.5 Å². The van der Waals surface area contributed by atoms with Gasteiger partial charge in [-0.15, -0.1) is 0 Å². The molecular weight excluding hydrogens is 621 g/mol. The molecule has 254 valence electrons. The first-order chi connectivity index (χ1) is 22.8. The zero-order valence-electron chi connectivity index (χ0n) is 27.3. The van der Waals surface area contributed by atoms with Crippen molar-refractivity contribution in [1.82, 2.24) is 9.80 Å². The summed E-state index contributed by atoms with van der Waals surface area (Å²) in [6.07, 6.45) is 6.50. The van der Waals surface area contributed by atoms with Crippen LogP contribution in [0.4, 0.5) is 13.2 Å². The molecule has 1 saturated carbocycles. The average molecular weight is 669 g/mol. The second-order valence-corrected chi connectivity index (χ2v) is 14.7. The van der Waals surface area contributed by atoms with E-state index in [-0.39, 0.29) is 36.5 Å². The van der Waals surface area contributed by atoms with E-state index in [9.17, 15) is 18.0 Å². The van der Waals surface area contributed by atoms with Gasteiger partial charge in [-0.25, -0.2) is 13.2 Å². The number of halogens is 3. The molecule has 47 heavy (non-hydrogen) atoms. The van der Waals surface area contributed by atoms with Gasteiger partial charge in [0.15, 0.2) is 0 Å². The van der Waals surface area contributed by atoms with Gasteiger partial charge in [0.1, 0.15) is 24.2 Å². The monoisotopic (exact) mass is 668 g/mol. The first-order valence-electron chi connectivity index (χ1n) is 17.2. The molecule has 2 aliphatic heterocycles. The minimum absolute atomic E-state index is 0.109. The Morgan fingerprint density at radius 3 is 2.36 bits per heavy atom. The Morgan fingerprint density at radius 1 is 0.979 bits per heavy atom. The Morgan fingerprint density at radius 2 is 1.72 bits per heavy atom. The second kappa shape index (κ2) is 15.6. The molecule has 3 aliphatic rings. The van der Waals surface area contributed by atoms with Crippen LogP contribution in [-0.4, -0.2) is 61.6 Å². The van der Waals surface area contributed by atoms with Crippen molar-refractivity contribution in [3.63, 3.8) is 0 Å². The van der Waals surface area contributed by atoms with E-state index in [1.807, 2.05) is 24.3 Å². The van der Waals surface area contributed by atoms with Crippen molar-refractivity contribution in [1.29, 1.82) is 0 Å². The summed E-state index contributed by atoms with van der Waals surface area (Å²) < 4.78 is 54.1. The number of nitrogens with zero attached hydrogens (tertiary/aromatic N) is 2. The fourth-order valence-corrected chi connectivity index (χ4v) is 8.36. The number of benzene rings is 2. The molecule has 9 heteroatoms. The van der Waals surface area contributed by atoms with Gasteiger partial charge in [-0.3, -0.25) is 9.69 Å². The average Bonchev–Trinajstić information content (AvgIpc) is 3.74. The van der Waals surface area contributed by atoms with Crippen LogP contribution < -0.4 is 4.74 Å². The minimum atomic E-state index is -2.95. The van der Waals surface area contributed by atoms with E-state index in [2.05, 4.69) is 26.6 Å². The highest BCUT2D eigenvalue weighted by Gasteiger charge is 2.42. The molecule has 1 aliphatic carbocycles. The predicted molar refractivity (Wildman–Crippen MR) is 179 cm³/mol. The van der Waals surface area contributed by atoms with E-state index in [1.54, 1.807) is 18.4 Å². The van der Waals surface area contributed by atoms with Gasteiger partial charge in [0.2, 0.25) is 0 Å². The maximum absolute atomic E-state index is 14.8. The van der Waals surface area contributed by atoms with Crippen molar-refractivity contribution in [2.45, 2.75) is 75.9 Å². The highest BCUT2D eigenvalue weighted by molar-refractivity contribution is 7.08. The molecular formula is C38H47F3N2O3S. The van der Waals surface area contributed by atoms with E-state index in [4.69, 9.17) is 9.47 Å². The highest BCUT2D eigenvalue weighted by atomic mass is 32.1. The van der Waals surface area contributed by atoms with Crippen LogP contribution in [0.15, 0.2) is 65.4 Å². The number of hydrogen-bond acceptors (Lipinski definition) is 6. The summed E-state index contributed by atoms with van der Waals surface area (Å²) in [6.45, 7) is 4.67. The van der Waals surface area contributed by atoms with Crippen LogP contribution >= 0.6 is 11.3 Å². The summed E-state index contributed by atoms with van der Waals surface area (Å²) in [4.78, 5) is 18.6. The number of likely N-dealkylation sites (tertiary alicyclic amines) is 2. The topological polar surface area (TPSA) is 42.0 Å². The summed E-state index contributed by atoms with van der Waals surface area (Å²) >= 11 is 1.72. The number of piperidine rings is 1. The van der Waals surface area contributed by atoms with Gasteiger partial charge in [-0.2, -0.15) is 11.3 Å². The quantitative estimate of drug-likeness (QED) is 0.161. The normalized spacial score (nSPS) is 22.2. The zero-order valence-corrected chi connectivity index (χ0v) is 28.1. The number of ether oxygens (including phenoxy) is 2. The lowest BCUT2D eigenvalue weighted by atomic mass is 9.80. The van der Waals surface area contributed by atoms with Crippen LogP contribution in [-0.2, 0) is 22.1 Å². The van der Waals surface area contributed by atoms with Crippen molar-refractivity contribution < 1.29 is 27.4 Å². The number of hydrogen-bond donors (Lipinski definition) is 0. The fraction of sp³-hybridized carbons (Fsp3) is 0.553. The lowest BCUT2D eigenvalue weighted by molar-refractivity contribution is -0.152. The first kappa shape index (κ1) is 34.0. The third-order valence-corrected chi connectivity index (χ3v) is 11.5. The molecule has 2 aromatic carbocycles. The predicted octanol–water partition coefficient (Wildman–Crippen LogP) is 8.50. The standard InChI is InChI=1S/C38H47F3N2O3S/c1-45-34-11-5-29(6-12-34)25-46-37(44)36(21-28-3-2-4-28)43-23-31(35(24-43)30-16-20-47-26-30)22-42-18-14-27(15-19-42)13-17-38(40,41)32-7-9-33(39)10-8-32/h5-12,16,20,26-28,31,35-36H,2-4,13-15,17-19,21-25H2,1H3/t31-,35+,36+/m0/s1. The van der Waals surface area contributed by atoms with Gasteiger partial charge in [-0.1, -0.05) is 43.5 Å². The van der Waals surface area contributed by atoms with E-state index in [0.29, 0.717) is 24.2 Å². The molecule has 0 spiro atoms. The fourth-order valence-electron chi connectivity index (χ4n) is 7.63. The van der Waals surface area contributed by atoms with E-state index < -0.39 is 11.7 Å². The molecule has 0 radical (unpaired) electrons. The Hall–Kier alpha value is -2.88. The van der Waals surface area contributed by atoms with Gasteiger partial charge in [-0.05, 0) is 109 Å². The molecule has 0 bridgehead atoms. The largest absolute Gasteiger partial charge is 0.497 e. The molecule has 0 unspecified atom stereocenters. The minimum Gasteiger partial charge on any atom is -0.497 e.